The maximum absolute atomic E-state index is 2.83. The van der Waals surface area contributed by atoms with Gasteiger partial charge in [0.05, 0.1) is 16.7 Å². The second kappa shape index (κ2) is 11.5. The van der Waals surface area contributed by atoms with Gasteiger partial charge in [-0.05, 0) is 112 Å². The largest absolute Gasteiger partial charge is 0.375 e. The Hall–Kier alpha value is -6.06. The molecule has 4 heterocycles. The molecule has 63 heavy (non-hydrogen) atoms. The Labute approximate surface area is 370 Å². The molecule has 0 N–H and O–H groups in total. The molecule has 0 amide bonds. The van der Waals surface area contributed by atoms with Gasteiger partial charge in [0.2, 0.25) is 0 Å². The zero-order valence-electron chi connectivity index (χ0n) is 38.9. The Balaban J connectivity index is 1.39. The summed E-state index contributed by atoms with van der Waals surface area (Å²) < 4.78 is 5.62. The first-order chi connectivity index (χ1) is 29.8. The van der Waals surface area contributed by atoms with Crippen LogP contribution in [0.4, 0.5) is 0 Å². The van der Waals surface area contributed by atoms with Crippen LogP contribution in [0.25, 0.3) is 104 Å². The van der Waals surface area contributed by atoms with Crippen LogP contribution >= 0.6 is 0 Å². The van der Waals surface area contributed by atoms with Crippen LogP contribution in [0.15, 0.2) is 115 Å². The summed E-state index contributed by atoms with van der Waals surface area (Å²) in [5.74, 6) is 0. The van der Waals surface area contributed by atoms with E-state index in [1.54, 1.807) is 0 Å². The van der Waals surface area contributed by atoms with Crippen molar-refractivity contribution < 1.29 is 0 Å². The quantitative estimate of drug-likeness (QED) is 0.107. The van der Waals surface area contributed by atoms with Gasteiger partial charge >= 0.3 is 6.85 Å². The van der Waals surface area contributed by atoms with Gasteiger partial charge in [0.15, 0.2) is 0 Å². The second-order valence-corrected chi connectivity index (χ2v) is 23.4. The van der Waals surface area contributed by atoms with Crippen molar-refractivity contribution in [2.24, 2.45) is 0 Å². The Morgan fingerprint density at radius 3 is 1.62 bits per heavy atom. The number of hydrogen-bond acceptors (Lipinski definition) is 0. The standard InChI is InChI=1S/C60H55BN2/c1-57(2,3)35-26-42-39-23-20-32-16-13-14-19-38(32)52(39)63-53(42)45(29-35)50-40-24-21-33-17-15-18-34-22-25-41(49(40)48(33)34)56-51(50)61(63)47-31-37(59(7,8)9)28-44-43-27-36(58(4,5)6)30-46(60(10,11)12)54(43)62(56)55(44)47/h13-31H,1-12H3. The van der Waals surface area contributed by atoms with E-state index in [9.17, 15) is 0 Å². The topological polar surface area (TPSA) is 9.86 Å². The normalized spacial score (nSPS) is 14.3. The lowest BCUT2D eigenvalue weighted by molar-refractivity contribution is 0.572. The van der Waals surface area contributed by atoms with Crippen LogP contribution in [0.3, 0.4) is 0 Å². The zero-order valence-corrected chi connectivity index (χ0v) is 38.9. The third kappa shape index (κ3) is 4.71. The first kappa shape index (κ1) is 37.5. The van der Waals surface area contributed by atoms with Gasteiger partial charge in [0, 0.05) is 54.3 Å². The number of nitrogens with zero attached hydrogens (tertiary/aromatic N) is 2. The van der Waals surface area contributed by atoms with E-state index in [1.807, 2.05) is 0 Å². The zero-order chi connectivity index (χ0) is 43.6. The fraction of sp³-hybridized carbons (Fsp3) is 0.267. The Bertz CT molecular complexity index is 3860. The molecule has 0 radical (unpaired) electrons. The Morgan fingerprint density at radius 2 is 0.952 bits per heavy atom. The van der Waals surface area contributed by atoms with Crippen molar-refractivity contribution in [3.63, 3.8) is 0 Å². The highest BCUT2D eigenvalue weighted by Gasteiger charge is 2.45. The molecule has 0 saturated heterocycles. The fourth-order valence-corrected chi connectivity index (χ4v) is 12.1. The van der Waals surface area contributed by atoms with Crippen LogP contribution in [0.5, 0.6) is 0 Å². The van der Waals surface area contributed by atoms with Crippen LogP contribution in [0, 0.1) is 0 Å². The van der Waals surface area contributed by atoms with Gasteiger partial charge in [-0.1, -0.05) is 174 Å². The van der Waals surface area contributed by atoms with Crippen LogP contribution in [-0.2, 0) is 21.7 Å². The molecule has 0 saturated carbocycles. The molecule has 308 valence electrons. The van der Waals surface area contributed by atoms with Crippen molar-refractivity contribution in [3.8, 4) is 16.8 Å². The Morgan fingerprint density at radius 1 is 0.397 bits per heavy atom. The first-order valence-electron chi connectivity index (χ1n) is 23.2. The van der Waals surface area contributed by atoms with E-state index in [-0.39, 0.29) is 28.5 Å². The molecular formula is C60H55BN2. The molecule has 13 rings (SSSR count). The van der Waals surface area contributed by atoms with E-state index in [4.69, 9.17) is 0 Å². The molecule has 9 aromatic carbocycles. The molecule has 0 atom stereocenters. The highest BCUT2D eigenvalue weighted by Crippen LogP contribution is 2.52. The van der Waals surface area contributed by atoms with E-state index in [1.165, 1.54) is 137 Å². The molecule has 0 aliphatic carbocycles. The SMILES string of the molecule is CC(C)(C)c1cc2c3c(c1)c1ccc4ccccc4c1n3B1c3c-2c2ccc4cccc5ccc(c3-n3c6c1cc(C(C)(C)C)cc6c1cc(C(C)(C)C)cc(C(C)(C)C)c13)c2c45. The van der Waals surface area contributed by atoms with Crippen LogP contribution in [-0.4, -0.2) is 15.9 Å². The van der Waals surface area contributed by atoms with Crippen molar-refractivity contribution in [2.45, 2.75) is 105 Å². The average Bonchev–Trinajstić information content (AvgIpc) is 3.74. The van der Waals surface area contributed by atoms with Crippen LogP contribution in [0.1, 0.15) is 105 Å². The summed E-state index contributed by atoms with van der Waals surface area (Å²) in [7, 11) is 0. The lowest BCUT2D eigenvalue weighted by Crippen LogP contribution is -2.55. The van der Waals surface area contributed by atoms with E-state index in [0.717, 1.165) is 0 Å². The number of benzene rings is 9. The highest BCUT2D eigenvalue weighted by atomic mass is 15.0. The molecule has 2 aliphatic rings. The van der Waals surface area contributed by atoms with Crippen molar-refractivity contribution in [2.75, 3.05) is 0 Å². The van der Waals surface area contributed by atoms with Crippen molar-refractivity contribution in [3.05, 3.63) is 138 Å². The lowest BCUT2D eigenvalue weighted by atomic mass is 9.44. The summed E-state index contributed by atoms with van der Waals surface area (Å²) in [6.45, 7) is 28.7. The molecule has 3 heteroatoms. The van der Waals surface area contributed by atoms with Gasteiger partial charge in [0.25, 0.3) is 0 Å². The first-order valence-corrected chi connectivity index (χ1v) is 23.2. The minimum absolute atomic E-state index is 0.0207. The third-order valence-electron chi connectivity index (χ3n) is 15.3. The lowest BCUT2D eigenvalue weighted by Gasteiger charge is -2.37. The summed E-state index contributed by atoms with van der Waals surface area (Å²) in [5.41, 5.74) is 17.7. The number of fused-ring (bicyclic) bond motifs is 14. The summed E-state index contributed by atoms with van der Waals surface area (Å²) in [5, 5.41) is 16.1. The summed E-state index contributed by atoms with van der Waals surface area (Å²) in [6, 6.07) is 45.9. The molecule has 11 aromatic rings. The smallest absolute Gasteiger partial charge is 0.333 e. The predicted molar refractivity (Wildman–Crippen MR) is 276 cm³/mol. The minimum Gasteiger partial charge on any atom is -0.375 e. The molecule has 0 bridgehead atoms. The van der Waals surface area contributed by atoms with E-state index in [0.29, 0.717) is 0 Å². The van der Waals surface area contributed by atoms with Crippen LogP contribution < -0.4 is 10.9 Å². The molecule has 0 unspecified atom stereocenters. The number of hydrogen-bond donors (Lipinski definition) is 0. The fourth-order valence-electron chi connectivity index (χ4n) is 12.1. The maximum atomic E-state index is 2.83. The second-order valence-electron chi connectivity index (χ2n) is 23.4. The molecule has 0 spiro atoms. The van der Waals surface area contributed by atoms with Crippen molar-refractivity contribution >= 4 is 104 Å². The van der Waals surface area contributed by atoms with Crippen molar-refractivity contribution in [1.29, 1.82) is 0 Å². The van der Waals surface area contributed by atoms with Gasteiger partial charge in [-0.3, -0.25) is 0 Å². The summed E-state index contributed by atoms with van der Waals surface area (Å²) in [6.07, 6.45) is 0. The van der Waals surface area contributed by atoms with Gasteiger partial charge in [-0.15, -0.1) is 0 Å². The average molecular weight is 815 g/mol. The van der Waals surface area contributed by atoms with Gasteiger partial charge in [-0.25, -0.2) is 0 Å². The molecule has 2 nitrogen and oxygen atoms in total. The monoisotopic (exact) mass is 814 g/mol. The van der Waals surface area contributed by atoms with Crippen LogP contribution in [0.2, 0.25) is 0 Å². The molecule has 2 aliphatic heterocycles. The van der Waals surface area contributed by atoms with E-state index >= 15 is 0 Å². The number of aromatic nitrogens is 2. The summed E-state index contributed by atoms with van der Waals surface area (Å²) in [4.78, 5) is 0. The number of rotatable bonds is 0. The highest BCUT2D eigenvalue weighted by molar-refractivity contribution is 6.91. The minimum atomic E-state index is -0.114. The Kier molecular flexibility index (Phi) is 6.87. The van der Waals surface area contributed by atoms with Crippen molar-refractivity contribution in [1.82, 2.24) is 9.05 Å². The summed E-state index contributed by atoms with van der Waals surface area (Å²) >= 11 is 0. The molecule has 2 aromatic heterocycles. The van der Waals surface area contributed by atoms with E-state index < -0.39 is 0 Å². The third-order valence-corrected chi connectivity index (χ3v) is 15.3. The predicted octanol–water partition coefficient (Wildman–Crippen LogP) is 15.1. The van der Waals surface area contributed by atoms with E-state index in [2.05, 4.69) is 207 Å². The molecule has 0 fully saturated rings. The van der Waals surface area contributed by atoms with Gasteiger partial charge in [-0.2, -0.15) is 0 Å². The molecular weight excluding hydrogens is 759 g/mol. The van der Waals surface area contributed by atoms with Gasteiger partial charge < -0.3 is 9.05 Å². The van der Waals surface area contributed by atoms with Gasteiger partial charge in [0.1, 0.15) is 0 Å². The maximum Gasteiger partial charge on any atom is 0.333 e.